The Kier molecular flexibility index (Phi) is 8.95. The van der Waals surface area contributed by atoms with E-state index in [4.69, 9.17) is 12.2 Å². The number of thiocarbonyl (C=S) groups is 1. The van der Waals surface area contributed by atoms with Crippen LogP contribution >= 0.6 is 24.0 Å². The minimum atomic E-state index is -0.261. The van der Waals surface area contributed by atoms with Gasteiger partial charge in [0.25, 0.3) is 11.5 Å². The summed E-state index contributed by atoms with van der Waals surface area (Å²) in [5.74, 6) is 0.680. The van der Waals surface area contributed by atoms with Gasteiger partial charge in [-0.05, 0) is 50.5 Å². The van der Waals surface area contributed by atoms with Gasteiger partial charge in [-0.1, -0.05) is 62.4 Å². The molecule has 38 heavy (non-hydrogen) atoms. The highest BCUT2D eigenvalue weighted by Crippen LogP contribution is 2.37. The number of nitrogens with zero attached hydrogens (tertiary/aromatic N) is 5. The molecule has 7 nitrogen and oxygen atoms in total. The molecule has 1 unspecified atom stereocenters. The Bertz CT molecular complexity index is 1340. The Balaban J connectivity index is 1.81. The van der Waals surface area contributed by atoms with Crippen LogP contribution in [0.5, 0.6) is 0 Å². The normalized spacial score (nSPS) is 17.9. The monoisotopic (exact) mass is 549 g/mol. The molecule has 1 amide bonds. The first-order valence-corrected chi connectivity index (χ1v) is 14.5. The van der Waals surface area contributed by atoms with E-state index in [2.05, 4.69) is 34.9 Å². The number of benzene rings is 1. The highest BCUT2D eigenvalue weighted by molar-refractivity contribution is 8.26. The Morgan fingerprint density at radius 1 is 1.11 bits per heavy atom. The summed E-state index contributed by atoms with van der Waals surface area (Å²) in [6.07, 6.45) is 4.40. The summed E-state index contributed by atoms with van der Waals surface area (Å²) in [6.45, 7) is 11.5. The number of amides is 1. The van der Waals surface area contributed by atoms with Crippen LogP contribution in [0.1, 0.15) is 56.7 Å². The third-order valence-electron chi connectivity index (χ3n) is 7.41. The maximum absolute atomic E-state index is 13.5. The highest BCUT2D eigenvalue weighted by Gasteiger charge is 2.36. The number of aromatic nitrogens is 1. The molecule has 0 radical (unpaired) electrons. The number of nitriles is 1. The fraction of sp³-hybridized carbons (Fsp3) is 0.448. The van der Waals surface area contributed by atoms with Gasteiger partial charge >= 0.3 is 0 Å². The van der Waals surface area contributed by atoms with E-state index in [9.17, 15) is 14.9 Å². The second-order valence-corrected chi connectivity index (χ2v) is 11.5. The molecule has 2 aromatic rings. The average molecular weight is 550 g/mol. The summed E-state index contributed by atoms with van der Waals surface area (Å²) in [4.78, 5) is 33.7. The van der Waals surface area contributed by atoms with Crippen LogP contribution in [-0.2, 0) is 11.3 Å². The third-order valence-corrected chi connectivity index (χ3v) is 8.74. The minimum Gasteiger partial charge on any atom is -0.368 e. The van der Waals surface area contributed by atoms with Crippen molar-refractivity contribution in [1.82, 2.24) is 9.47 Å². The number of hydrogen-bond donors (Lipinski definition) is 0. The molecule has 1 aromatic carbocycles. The number of para-hydroxylation sites is 1. The number of hydrogen-bond acceptors (Lipinski definition) is 7. The molecular formula is C29H35N5O2S2. The highest BCUT2D eigenvalue weighted by atomic mass is 32.2. The summed E-state index contributed by atoms with van der Waals surface area (Å²) < 4.78 is 2.31. The molecule has 2 aliphatic heterocycles. The topological polar surface area (TPSA) is 72.6 Å². The average Bonchev–Trinajstić information content (AvgIpc) is 3.22. The van der Waals surface area contributed by atoms with Crippen LogP contribution in [0.2, 0.25) is 0 Å². The van der Waals surface area contributed by atoms with Gasteiger partial charge in [-0.3, -0.25) is 19.1 Å². The molecule has 1 atom stereocenters. The van der Waals surface area contributed by atoms with Gasteiger partial charge in [0.15, 0.2) is 0 Å². The number of carbonyl (C=O) groups is 1. The molecule has 0 saturated carbocycles. The van der Waals surface area contributed by atoms with Crippen molar-refractivity contribution < 1.29 is 4.79 Å². The molecule has 2 fully saturated rings. The van der Waals surface area contributed by atoms with Crippen LogP contribution in [0.3, 0.4) is 0 Å². The molecule has 2 saturated heterocycles. The van der Waals surface area contributed by atoms with E-state index >= 15 is 0 Å². The smallest absolute Gasteiger partial charge is 0.270 e. The molecule has 0 aliphatic carbocycles. The zero-order valence-corrected chi connectivity index (χ0v) is 24.2. The van der Waals surface area contributed by atoms with Crippen LogP contribution in [0.4, 0.5) is 11.5 Å². The van der Waals surface area contributed by atoms with E-state index < -0.39 is 0 Å². The molecule has 9 heteroatoms. The van der Waals surface area contributed by atoms with Gasteiger partial charge in [0.1, 0.15) is 21.8 Å². The second kappa shape index (κ2) is 12.2. The molecule has 4 rings (SSSR count). The van der Waals surface area contributed by atoms with Gasteiger partial charge in [0, 0.05) is 50.0 Å². The Hall–Kier alpha value is -3.09. The van der Waals surface area contributed by atoms with Gasteiger partial charge in [-0.2, -0.15) is 5.26 Å². The molecule has 0 bridgehead atoms. The Labute approximate surface area is 234 Å². The number of anilines is 2. The number of piperazine rings is 1. The number of unbranched alkanes of at least 4 members (excludes halogenated alkanes) is 1. The second-order valence-electron chi connectivity index (χ2n) is 9.78. The first-order valence-electron chi connectivity index (χ1n) is 13.3. The summed E-state index contributed by atoms with van der Waals surface area (Å²) in [7, 11) is 0. The number of thioether (sulfide) groups is 1. The first-order chi connectivity index (χ1) is 18.3. The zero-order valence-electron chi connectivity index (χ0n) is 22.6. The quantitative estimate of drug-likeness (QED) is 0.333. The van der Waals surface area contributed by atoms with Crippen molar-refractivity contribution in [3.8, 4) is 6.07 Å². The van der Waals surface area contributed by atoms with Crippen LogP contribution < -0.4 is 15.4 Å². The lowest BCUT2D eigenvalue weighted by atomic mass is 10.0. The molecule has 1 aromatic heterocycles. The van der Waals surface area contributed by atoms with Gasteiger partial charge in [-0.25, -0.2) is 0 Å². The van der Waals surface area contributed by atoms with Gasteiger partial charge in [0.2, 0.25) is 0 Å². The van der Waals surface area contributed by atoms with Gasteiger partial charge in [0.05, 0.1) is 4.91 Å². The lowest BCUT2D eigenvalue weighted by molar-refractivity contribution is -0.123. The zero-order chi connectivity index (χ0) is 27.4. The van der Waals surface area contributed by atoms with Crippen LogP contribution in [0.15, 0.2) is 40.0 Å². The number of rotatable bonds is 8. The van der Waals surface area contributed by atoms with Gasteiger partial charge < -0.3 is 9.80 Å². The van der Waals surface area contributed by atoms with E-state index in [1.165, 1.54) is 17.4 Å². The van der Waals surface area contributed by atoms with Crippen molar-refractivity contribution in [3.05, 3.63) is 62.3 Å². The molecular weight excluding hydrogens is 514 g/mol. The van der Waals surface area contributed by atoms with E-state index in [1.807, 2.05) is 45.0 Å². The van der Waals surface area contributed by atoms with Crippen LogP contribution in [-0.4, -0.2) is 51.9 Å². The maximum Gasteiger partial charge on any atom is 0.270 e. The summed E-state index contributed by atoms with van der Waals surface area (Å²) >= 11 is 6.86. The number of pyridine rings is 1. The summed E-state index contributed by atoms with van der Waals surface area (Å²) in [5, 5.41) is 9.93. The van der Waals surface area contributed by atoms with Crippen molar-refractivity contribution in [3.63, 3.8) is 0 Å². The van der Waals surface area contributed by atoms with E-state index in [-0.39, 0.29) is 23.1 Å². The molecule has 200 valence electrons. The largest absolute Gasteiger partial charge is 0.368 e. The maximum atomic E-state index is 13.5. The van der Waals surface area contributed by atoms with E-state index in [0.29, 0.717) is 21.3 Å². The standard InChI is InChI=1S/C29H35N5O2S2/c1-5-7-13-33-26(32-16-14-31(15-17-32)22-11-9-8-10-12-22)23(21(4)24(19-30)27(33)35)18-25-28(36)34(20(3)6-2)29(37)38-25/h8-12,18,20H,5-7,13-17H2,1-4H3/b25-18-. The van der Waals surface area contributed by atoms with E-state index in [0.717, 1.165) is 56.8 Å². The Morgan fingerprint density at radius 2 is 1.76 bits per heavy atom. The third kappa shape index (κ3) is 5.38. The van der Waals surface area contributed by atoms with Crippen molar-refractivity contribution >= 4 is 51.8 Å². The summed E-state index contributed by atoms with van der Waals surface area (Å²) in [5.41, 5.74) is 2.43. The predicted octanol–water partition coefficient (Wildman–Crippen LogP) is 5.15. The molecule has 0 spiro atoms. The lowest BCUT2D eigenvalue weighted by Crippen LogP contribution is -2.48. The van der Waals surface area contributed by atoms with Crippen molar-refractivity contribution in [1.29, 1.82) is 5.26 Å². The fourth-order valence-corrected chi connectivity index (χ4v) is 6.44. The molecule has 3 heterocycles. The van der Waals surface area contributed by atoms with Gasteiger partial charge in [-0.15, -0.1) is 0 Å². The lowest BCUT2D eigenvalue weighted by Gasteiger charge is -2.39. The van der Waals surface area contributed by atoms with Crippen LogP contribution in [0.25, 0.3) is 6.08 Å². The molecule has 0 N–H and O–H groups in total. The predicted molar refractivity (Wildman–Crippen MR) is 161 cm³/mol. The molecule has 2 aliphatic rings. The fourth-order valence-electron chi connectivity index (χ4n) is 5.00. The Morgan fingerprint density at radius 3 is 2.37 bits per heavy atom. The number of carbonyl (C=O) groups excluding carboxylic acids is 1. The van der Waals surface area contributed by atoms with Crippen LogP contribution in [0, 0.1) is 18.3 Å². The van der Waals surface area contributed by atoms with Crippen molar-refractivity contribution in [2.24, 2.45) is 0 Å². The first kappa shape index (κ1) is 27.9. The summed E-state index contributed by atoms with van der Waals surface area (Å²) in [6, 6.07) is 12.5. The van der Waals surface area contributed by atoms with Crippen molar-refractivity contribution in [2.45, 2.75) is 59.5 Å². The minimum absolute atomic E-state index is 0.00760. The van der Waals surface area contributed by atoms with Crippen molar-refractivity contribution in [2.75, 3.05) is 36.0 Å². The van der Waals surface area contributed by atoms with E-state index in [1.54, 1.807) is 9.47 Å². The SMILES string of the molecule is CCCCn1c(N2CCN(c3ccccc3)CC2)c(/C=C2\SC(=S)N(C(C)CC)C2=O)c(C)c(C#N)c1=O.